The molecule has 0 N–H and O–H groups in total. The predicted molar refractivity (Wildman–Crippen MR) is 127 cm³/mol. The lowest BCUT2D eigenvalue weighted by molar-refractivity contribution is 0.511. The second kappa shape index (κ2) is 10.3. The fourth-order valence-electron chi connectivity index (χ4n) is 3.44. The third kappa shape index (κ3) is 5.60. The van der Waals surface area contributed by atoms with E-state index in [0.717, 1.165) is 36.2 Å². The summed E-state index contributed by atoms with van der Waals surface area (Å²) in [7, 11) is 0. The number of rotatable bonds is 3. The minimum absolute atomic E-state index is 0.0314. The summed E-state index contributed by atoms with van der Waals surface area (Å²) in [6.45, 7) is 3.63. The molecule has 0 nitrogen and oxygen atoms in total. The van der Waals surface area contributed by atoms with Gasteiger partial charge >= 0.3 is 0 Å². The van der Waals surface area contributed by atoms with E-state index in [9.17, 15) is 22.0 Å². The van der Waals surface area contributed by atoms with Crippen molar-refractivity contribution >= 4 is 10.8 Å². The fourth-order valence-corrected chi connectivity index (χ4v) is 3.44. The number of halogens is 5. The van der Waals surface area contributed by atoms with E-state index < -0.39 is 34.6 Å². The summed E-state index contributed by atoms with van der Waals surface area (Å²) in [5.41, 5.74) is 0.863. The molecule has 4 aromatic carbocycles. The zero-order valence-electron chi connectivity index (χ0n) is 18.4. The molecule has 172 valence electrons. The van der Waals surface area contributed by atoms with Crippen LogP contribution in [0.2, 0.25) is 0 Å². The van der Waals surface area contributed by atoms with E-state index in [4.69, 9.17) is 0 Å². The molecule has 0 spiro atoms. The Labute approximate surface area is 199 Å². The highest BCUT2D eigenvalue weighted by molar-refractivity contribution is 5.84. The van der Waals surface area contributed by atoms with Crippen LogP contribution in [0.4, 0.5) is 22.0 Å². The minimum Gasteiger partial charge on any atom is -0.206 e. The van der Waals surface area contributed by atoms with Crippen molar-refractivity contribution in [3.8, 4) is 23.7 Å². The van der Waals surface area contributed by atoms with Crippen molar-refractivity contribution in [2.24, 2.45) is 0 Å². The van der Waals surface area contributed by atoms with Crippen molar-refractivity contribution in [3.63, 3.8) is 0 Å². The molecule has 0 heterocycles. The van der Waals surface area contributed by atoms with Gasteiger partial charge in [0.15, 0.2) is 11.6 Å². The first kappa shape index (κ1) is 23.8. The third-order valence-electron chi connectivity index (χ3n) is 5.27. The molecule has 35 heavy (non-hydrogen) atoms. The first-order valence-corrected chi connectivity index (χ1v) is 10.7. The molecule has 0 bridgehead atoms. The van der Waals surface area contributed by atoms with Crippen LogP contribution < -0.4 is 0 Å². The Morgan fingerprint density at radius 3 is 1.97 bits per heavy atom. The van der Waals surface area contributed by atoms with Gasteiger partial charge in [0.2, 0.25) is 0 Å². The molecular formula is C30H17F5. The van der Waals surface area contributed by atoms with Crippen molar-refractivity contribution < 1.29 is 22.0 Å². The van der Waals surface area contributed by atoms with E-state index >= 15 is 0 Å². The molecule has 0 aromatic heterocycles. The molecular weight excluding hydrogens is 455 g/mol. The molecule has 4 rings (SSSR count). The molecule has 0 aliphatic rings. The Morgan fingerprint density at radius 1 is 0.600 bits per heavy atom. The second-order valence-electron chi connectivity index (χ2n) is 7.78. The highest BCUT2D eigenvalue weighted by atomic mass is 19.2. The quantitative estimate of drug-likeness (QED) is 0.165. The normalized spacial score (nSPS) is 10.3. The first-order chi connectivity index (χ1) is 16.8. The van der Waals surface area contributed by atoms with Crippen molar-refractivity contribution in [1.82, 2.24) is 0 Å². The number of allylic oxidation sites excluding steroid dienone is 1. The number of fused-ring (bicyclic) bond motifs is 1. The predicted octanol–water partition coefficient (Wildman–Crippen LogP) is 7.45. The lowest BCUT2D eigenvalue weighted by Gasteiger charge is -2.01. The van der Waals surface area contributed by atoms with Crippen LogP contribution in [0.1, 0.15) is 34.2 Å². The standard InChI is InChI=1S/C30H17F5/c1-2-3-4-19-5-9-22(26(31)14-19)10-7-21-15-27(32)25(28(33)16-21)12-8-20-6-11-23-17-29(34)30(35)18-24(23)13-20/h2,5-6,9,11,13-18H,1,3-4H2. The summed E-state index contributed by atoms with van der Waals surface area (Å²) in [6, 6.07) is 13.4. The van der Waals surface area contributed by atoms with Crippen molar-refractivity contribution in [2.75, 3.05) is 0 Å². The summed E-state index contributed by atoms with van der Waals surface area (Å²) in [4.78, 5) is 0. The van der Waals surface area contributed by atoms with E-state index in [2.05, 4.69) is 30.3 Å². The lowest BCUT2D eigenvalue weighted by atomic mass is 10.1. The topological polar surface area (TPSA) is 0 Å². The second-order valence-corrected chi connectivity index (χ2v) is 7.78. The van der Waals surface area contributed by atoms with Gasteiger partial charge in [-0.25, -0.2) is 22.0 Å². The van der Waals surface area contributed by atoms with Crippen LogP contribution in [0.5, 0.6) is 0 Å². The third-order valence-corrected chi connectivity index (χ3v) is 5.27. The van der Waals surface area contributed by atoms with Crippen molar-refractivity contribution in [3.05, 3.63) is 130 Å². The van der Waals surface area contributed by atoms with Crippen molar-refractivity contribution in [2.45, 2.75) is 12.8 Å². The molecule has 0 unspecified atom stereocenters. The van der Waals surface area contributed by atoms with Gasteiger partial charge in [0.1, 0.15) is 17.5 Å². The van der Waals surface area contributed by atoms with E-state index in [1.807, 2.05) is 0 Å². The van der Waals surface area contributed by atoms with Crippen LogP contribution >= 0.6 is 0 Å². The summed E-state index contributed by atoms with van der Waals surface area (Å²) >= 11 is 0. The monoisotopic (exact) mass is 472 g/mol. The Balaban J connectivity index is 1.58. The molecule has 0 saturated heterocycles. The summed E-state index contributed by atoms with van der Waals surface area (Å²) in [5, 5.41) is 0.876. The van der Waals surface area contributed by atoms with Gasteiger partial charge in [-0.3, -0.25) is 0 Å². The van der Waals surface area contributed by atoms with E-state index in [1.54, 1.807) is 24.3 Å². The Bertz CT molecular complexity index is 1550. The maximum Gasteiger partial charge on any atom is 0.159 e. The highest BCUT2D eigenvalue weighted by Crippen LogP contribution is 2.20. The zero-order chi connectivity index (χ0) is 24.9. The van der Waals surface area contributed by atoms with E-state index in [0.29, 0.717) is 22.8 Å². The average Bonchev–Trinajstić information content (AvgIpc) is 2.82. The number of benzene rings is 4. The van der Waals surface area contributed by atoms with Crippen LogP contribution in [0.15, 0.2) is 73.3 Å². The first-order valence-electron chi connectivity index (χ1n) is 10.7. The Kier molecular flexibility index (Phi) is 6.99. The molecule has 4 aromatic rings. The molecule has 0 radical (unpaired) electrons. The van der Waals surface area contributed by atoms with Crippen molar-refractivity contribution in [1.29, 1.82) is 0 Å². The molecule has 0 saturated carbocycles. The van der Waals surface area contributed by atoms with Gasteiger partial charge in [0.25, 0.3) is 0 Å². The summed E-state index contributed by atoms with van der Waals surface area (Å²) < 4.78 is 70.2. The molecule has 0 fully saturated rings. The van der Waals surface area contributed by atoms with Gasteiger partial charge in [-0.05, 0) is 77.7 Å². The number of aryl methyl sites for hydroxylation is 1. The zero-order valence-corrected chi connectivity index (χ0v) is 18.4. The Morgan fingerprint density at radius 2 is 1.29 bits per heavy atom. The van der Waals surface area contributed by atoms with Crippen LogP contribution in [0.3, 0.4) is 0 Å². The van der Waals surface area contributed by atoms with Crippen LogP contribution in [-0.2, 0) is 6.42 Å². The largest absolute Gasteiger partial charge is 0.206 e. The minimum atomic E-state index is -1.00. The maximum atomic E-state index is 14.6. The molecule has 0 atom stereocenters. The molecule has 5 heteroatoms. The van der Waals surface area contributed by atoms with Gasteiger partial charge in [-0.1, -0.05) is 41.9 Å². The highest BCUT2D eigenvalue weighted by Gasteiger charge is 2.09. The maximum absolute atomic E-state index is 14.6. The van der Waals surface area contributed by atoms with E-state index in [-0.39, 0.29) is 11.1 Å². The van der Waals surface area contributed by atoms with E-state index in [1.165, 1.54) is 18.2 Å². The Hall–Kier alpha value is -4.35. The average molecular weight is 472 g/mol. The van der Waals surface area contributed by atoms with Crippen LogP contribution in [-0.4, -0.2) is 0 Å². The van der Waals surface area contributed by atoms with Gasteiger partial charge < -0.3 is 0 Å². The molecule has 0 aliphatic heterocycles. The molecule has 0 amide bonds. The van der Waals surface area contributed by atoms with Crippen LogP contribution in [0.25, 0.3) is 10.8 Å². The smallest absolute Gasteiger partial charge is 0.159 e. The summed E-state index contributed by atoms with van der Waals surface area (Å²) in [5.74, 6) is 5.93. The van der Waals surface area contributed by atoms with Crippen LogP contribution in [0, 0.1) is 52.8 Å². The van der Waals surface area contributed by atoms with Gasteiger partial charge in [-0.15, -0.1) is 6.58 Å². The van der Waals surface area contributed by atoms with Gasteiger partial charge in [0.05, 0.1) is 11.1 Å². The van der Waals surface area contributed by atoms with Gasteiger partial charge in [-0.2, -0.15) is 0 Å². The number of hydrogen-bond donors (Lipinski definition) is 0. The lowest BCUT2D eigenvalue weighted by Crippen LogP contribution is -1.93. The number of hydrogen-bond acceptors (Lipinski definition) is 0. The van der Waals surface area contributed by atoms with Gasteiger partial charge in [0, 0.05) is 11.1 Å². The SMILES string of the molecule is C=CCCc1ccc(C#Cc2cc(F)c(C#Cc3ccc4cc(F)c(F)cc4c3)c(F)c2)c(F)c1. The summed E-state index contributed by atoms with van der Waals surface area (Å²) in [6.07, 6.45) is 3.12. The fraction of sp³-hybridized carbons (Fsp3) is 0.0667. The molecule has 0 aliphatic carbocycles.